The molecule has 1 N–H and O–H groups in total. The molecule has 0 spiro atoms. The Morgan fingerprint density at radius 3 is 2.42 bits per heavy atom. The zero-order valence-corrected chi connectivity index (χ0v) is 19.4. The predicted octanol–water partition coefficient (Wildman–Crippen LogP) is 5.33. The molecule has 1 aliphatic heterocycles. The zero-order chi connectivity index (χ0) is 22.0. The number of hydrogen-bond acceptors (Lipinski definition) is 4. The van der Waals surface area contributed by atoms with E-state index in [2.05, 4.69) is 29.6 Å². The highest BCUT2D eigenvalue weighted by atomic mass is 32.2. The highest BCUT2D eigenvalue weighted by molar-refractivity contribution is 7.89. The Bertz CT molecular complexity index is 1040. The van der Waals surface area contributed by atoms with Crippen LogP contribution in [-0.4, -0.2) is 32.9 Å². The van der Waals surface area contributed by atoms with E-state index in [0.717, 1.165) is 36.3 Å². The third-order valence-corrected chi connectivity index (χ3v) is 8.29. The molecular formula is C25H32N2O3S. The molecule has 1 heterocycles. The summed E-state index contributed by atoms with van der Waals surface area (Å²) in [4.78, 5) is 0.400. The van der Waals surface area contributed by atoms with Crippen LogP contribution in [0, 0.1) is 5.92 Å². The summed E-state index contributed by atoms with van der Waals surface area (Å²) in [5.74, 6) is 1.42. The lowest BCUT2D eigenvalue weighted by Gasteiger charge is -2.38. The van der Waals surface area contributed by atoms with Crippen LogP contribution in [0.2, 0.25) is 0 Å². The summed E-state index contributed by atoms with van der Waals surface area (Å²) in [6, 6.07) is 14.0. The smallest absolute Gasteiger partial charge is 0.243 e. The summed E-state index contributed by atoms with van der Waals surface area (Å²) in [5.41, 5.74) is 3.32. The molecule has 3 atom stereocenters. The van der Waals surface area contributed by atoms with Gasteiger partial charge in [0.25, 0.3) is 0 Å². The summed E-state index contributed by atoms with van der Waals surface area (Å²) >= 11 is 0. The van der Waals surface area contributed by atoms with Gasteiger partial charge >= 0.3 is 0 Å². The molecule has 0 saturated heterocycles. The van der Waals surface area contributed by atoms with Gasteiger partial charge in [-0.05, 0) is 66.6 Å². The summed E-state index contributed by atoms with van der Waals surface area (Å²) in [5, 5.41) is 3.69. The van der Waals surface area contributed by atoms with Crippen molar-refractivity contribution in [3.63, 3.8) is 0 Å². The molecule has 6 heteroatoms. The predicted molar refractivity (Wildman–Crippen MR) is 125 cm³/mol. The van der Waals surface area contributed by atoms with E-state index in [1.807, 2.05) is 38.1 Å². The second-order valence-corrected chi connectivity index (χ2v) is 10.3. The van der Waals surface area contributed by atoms with E-state index in [1.54, 1.807) is 17.5 Å². The summed E-state index contributed by atoms with van der Waals surface area (Å²) < 4.78 is 33.5. The molecule has 2 aromatic rings. The van der Waals surface area contributed by atoms with Crippen LogP contribution < -0.4 is 10.1 Å². The Morgan fingerprint density at radius 1 is 1.06 bits per heavy atom. The largest absolute Gasteiger partial charge is 0.497 e. The maximum Gasteiger partial charge on any atom is 0.243 e. The summed E-state index contributed by atoms with van der Waals surface area (Å²) in [7, 11) is -1.82. The van der Waals surface area contributed by atoms with Gasteiger partial charge in [-0.25, -0.2) is 8.42 Å². The number of ether oxygens (including phenoxy) is 1. The third kappa shape index (κ3) is 4.11. The number of anilines is 1. The molecule has 2 aromatic carbocycles. The molecule has 166 valence electrons. The van der Waals surface area contributed by atoms with Crippen molar-refractivity contribution in [2.24, 2.45) is 5.92 Å². The van der Waals surface area contributed by atoms with E-state index in [9.17, 15) is 8.42 Å². The standard InChI is InChI=1S/C25H32N2O3S/c1-4-15-27(16-5-2)31(28,29)20-13-14-24-23(17-20)21-7-6-8-22(21)25(26-24)18-9-11-19(30-3)12-10-18/h6-7,9-14,17,21-22,25-26H,4-5,8,15-16H2,1-3H3. The molecule has 1 aliphatic carbocycles. The molecule has 0 aromatic heterocycles. The minimum Gasteiger partial charge on any atom is -0.497 e. The van der Waals surface area contributed by atoms with Gasteiger partial charge in [0.2, 0.25) is 10.0 Å². The first kappa shape index (κ1) is 21.9. The SMILES string of the molecule is CCCN(CCC)S(=O)(=O)c1ccc2c(c1)C1C=CCC1C(c1ccc(OC)cc1)N2. The third-order valence-electron chi connectivity index (χ3n) is 6.39. The van der Waals surface area contributed by atoms with Crippen molar-refractivity contribution in [2.45, 2.75) is 50.0 Å². The summed E-state index contributed by atoms with van der Waals surface area (Å²) in [6.07, 6.45) is 7.06. The minimum atomic E-state index is -3.49. The van der Waals surface area contributed by atoms with Crippen molar-refractivity contribution in [3.8, 4) is 5.75 Å². The van der Waals surface area contributed by atoms with Crippen molar-refractivity contribution in [1.29, 1.82) is 0 Å². The lowest BCUT2D eigenvalue weighted by molar-refractivity contribution is 0.408. The number of benzene rings is 2. The normalized spacial score (nSPS) is 22.1. The number of hydrogen-bond donors (Lipinski definition) is 1. The lowest BCUT2D eigenvalue weighted by atomic mass is 9.77. The number of nitrogens with zero attached hydrogens (tertiary/aromatic N) is 1. The second-order valence-electron chi connectivity index (χ2n) is 8.40. The van der Waals surface area contributed by atoms with Gasteiger partial charge in [-0.3, -0.25) is 0 Å². The van der Waals surface area contributed by atoms with Crippen molar-refractivity contribution < 1.29 is 13.2 Å². The second kappa shape index (κ2) is 9.05. The van der Waals surface area contributed by atoms with Gasteiger partial charge < -0.3 is 10.1 Å². The fourth-order valence-electron chi connectivity index (χ4n) is 4.87. The first-order valence-corrected chi connectivity index (χ1v) is 12.6. The molecule has 0 bridgehead atoms. The number of allylic oxidation sites excluding steroid dienone is 2. The van der Waals surface area contributed by atoms with Crippen molar-refractivity contribution >= 4 is 15.7 Å². The van der Waals surface area contributed by atoms with Crippen LogP contribution in [0.15, 0.2) is 59.5 Å². The highest BCUT2D eigenvalue weighted by Crippen LogP contribution is 2.50. The van der Waals surface area contributed by atoms with Crippen molar-refractivity contribution in [2.75, 3.05) is 25.5 Å². The average molecular weight is 441 g/mol. The van der Waals surface area contributed by atoms with Gasteiger partial charge in [0, 0.05) is 24.7 Å². The van der Waals surface area contributed by atoms with Crippen LogP contribution in [0.3, 0.4) is 0 Å². The van der Waals surface area contributed by atoms with Gasteiger partial charge in [-0.15, -0.1) is 0 Å². The van der Waals surface area contributed by atoms with Gasteiger partial charge in [0.1, 0.15) is 5.75 Å². The van der Waals surface area contributed by atoms with E-state index < -0.39 is 10.0 Å². The van der Waals surface area contributed by atoms with Crippen molar-refractivity contribution in [1.82, 2.24) is 4.31 Å². The number of sulfonamides is 1. The van der Waals surface area contributed by atoms with E-state index in [4.69, 9.17) is 4.74 Å². The molecule has 0 fully saturated rings. The number of methoxy groups -OCH3 is 1. The van der Waals surface area contributed by atoms with Crippen LogP contribution >= 0.6 is 0 Å². The molecule has 0 saturated carbocycles. The Balaban J connectivity index is 1.69. The van der Waals surface area contributed by atoms with E-state index in [-0.39, 0.29) is 12.0 Å². The molecule has 3 unspecified atom stereocenters. The highest BCUT2D eigenvalue weighted by Gasteiger charge is 2.38. The molecule has 5 nitrogen and oxygen atoms in total. The molecule has 0 amide bonds. The van der Waals surface area contributed by atoms with Gasteiger partial charge in [-0.1, -0.05) is 38.1 Å². The van der Waals surface area contributed by atoms with E-state index in [1.165, 1.54) is 5.56 Å². The molecule has 0 radical (unpaired) electrons. The monoisotopic (exact) mass is 440 g/mol. The minimum absolute atomic E-state index is 0.178. The van der Waals surface area contributed by atoms with E-state index >= 15 is 0 Å². The number of nitrogens with one attached hydrogen (secondary N) is 1. The average Bonchev–Trinajstić information content (AvgIpc) is 3.28. The Morgan fingerprint density at radius 2 is 1.77 bits per heavy atom. The maximum absolute atomic E-state index is 13.3. The van der Waals surface area contributed by atoms with E-state index in [0.29, 0.717) is 23.9 Å². The zero-order valence-electron chi connectivity index (χ0n) is 18.5. The van der Waals surface area contributed by atoms with Crippen LogP contribution in [0.5, 0.6) is 5.75 Å². The fourth-order valence-corrected chi connectivity index (χ4v) is 6.53. The Kier molecular flexibility index (Phi) is 6.39. The van der Waals surface area contributed by atoms with Crippen LogP contribution in [0.4, 0.5) is 5.69 Å². The summed E-state index contributed by atoms with van der Waals surface area (Å²) in [6.45, 7) is 5.14. The topological polar surface area (TPSA) is 58.6 Å². The maximum atomic E-state index is 13.3. The Labute approximate surface area is 186 Å². The quantitative estimate of drug-likeness (QED) is 0.564. The van der Waals surface area contributed by atoms with Crippen LogP contribution in [0.1, 0.15) is 56.2 Å². The molecule has 4 rings (SSSR count). The number of fused-ring (bicyclic) bond motifs is 3. The number of rotatable bonds is 8. The molecule has 31 heavy (non-hydrogen) atoms. The van der Waals surface area contributed by atoms with Gasteiger partial charge in [-0.2, -0.15) is 4.31 Å². The fraction of sp³-hybridized carbons (Fsp3) is 0.440. The van der Waals surface area contributed by atoms with Crippen LogP contribution in [-0.2, 0) is 10.0 Å². The van der Waals surface area contributed by atoms with Crippen molar-refractivity contribution in [3.05, 3.63) is 65.7 Å². The van der Waals surface area contributed by atoms with Gasteiger partial charge in [0.05, 0.1) is 18.0 Å². The molecular weight excluding hydrogens is 408 g/mol. The van der Waals surface area contributed by atoms with Crippen LogP contribution in [0.25, 0.3) is 0 Å². The molecule has 2 aliphatic rings. The first-order valence-electron chi connectivity index (χ1n) is 11.2. The lowest BCUT2D eigenvalue weighted by Crippen LogP contribution is -2.33. The Hall–Kier alpha value is -2.31. The first-order chi connectivity index (χ1) is 15.0. The van der Waals surface area contributed by atoms with Gasteiger partial charge in [0.15, 0.2) is 0 Å².